The molecule has 1 aliphatic rings. The molecule has 0 bridgehead atoms. The van der Waals surface area contributed by atoms with Gasteiger partial charge in [-0.3, -0.25) is 9.78 Å². The van der Waals surface area contributed by atoms with E-state index in [1.165, 1.54) is 0 Å². The molecule has 1 aliphatic heterocycles. The van der Waals surface area contributed by atoms with Crippen LogP contribution in [0, 0.1) is 6.92 Å². The first-order valence-corrected chi connectivity index (χ1v) is 16.5. The van der Waals surface area contributed by atoms with Gasteiger partial charge >= 0.3 is 12.2 Å². The van der Waals surface area contributed by atoms with Crippen molar-refractivity contribution in [3.63, 3.8) is 0 Å². The minimum absolute atomic E-state index is 0.00372. The zero-order chi connectivity index (χ0) is 35.6. The largest absolute Gasteiger partial charge is 0.444 e. The van der Waals surface area contributed by atoms with Crippen LogP contribution in [0.15, 0.2) is 42.9 Å². The number of aryl methyl sites for hydroxylation is 1. The number of amides is 3. The SMILES string of the molecule is Cc1cc(-c2ccncc2N2CCCC(N(C)C(=O)OC(C)(C)C)C2)ccc1CN(C(=O)OC(C)(C)C)C(=O)c1cn(C(C)(C)C)nn1. The van der Waals surface area contributed by atoms with Gasteiger partial charge in [0.05, 0.1) is 36.2 Å². The smallest absolute Gasteiger partial charge is 0.417 e. The molecule has 1 unspecified atom stereocenters. The summed E-state index contributed by atoms with van der Waals surface area (Å²) in [6.07, 6.45) is 5.90. The van der Waals surface area contributed by atoms with Crippen LogP contribution in [0.25, 0.3) is 11.1 Å². The molecule has 12 nitrogen and oxygen atoms in total. The van der Waals surface area contributed by atoms with Gasteiger partial charge in [0.2, 0.25) is 0 Å². The monoisotopic (exact) mass is 661 g/mol. The van der Waals surface area contributed by atoms with Crippen LogP contribution >= 0.6 is 0 Å². The molecule has 0 aliphatic carbocycles. The molecule has 1 saturated heterocycles. The topological polar surface area (TPSA) is 123 Å². The van der Waals surface area contributed by atoms with E-state index in [9.17, 15) is 14.4 Å². The first kappa shape index (κ1) is 36.4. The fraction of sp³-hybridized carbons (Fsp3) is 0.556. The lowest BCUT2D eigenvalue weighted by Gasteiger charge is -2.39. The molecule has 1 fully saturated rings. The summed E-state index contributed by atoms with van der Waals surface area (Å²) in [7, 11) is 1.80. The van der Waals surface area contributed by atoms with Crippen LogP contribution in [0.5, 0.6) is 0 Å². The fourth-order valence-electron chi connectivity index (χ4n) is 5.43. The molecule has 3 aromatic rings. The number of benzene rings is 1. The van der Waals surface area contributed by atoms with Gasteiger partial charge in [-0.1, -0.05) is 23.4 Å². The Balaban J connectivity index is 1.59. The summed E-state index contributed by atoms with van der Waals surface area (Å²) >= 11 is 0. The highest BCUT2D eigenvalue weighted by molar-refractivity contribution is 6.01. The number of rotatable bonds is 6. The van der Waals surface area contributed by atoms with Crippen molar-refractivity contribution >= 4 is 23.8 Å². The third kappa shape index (κ3) is 9.11. The molecule has 0 N–H and O–H groups in total. The van der Waals surface area contributed by atoms with Crippen LogP contribution in [-0.4, -0.2) is 85.3 Å². The maximum absolute atomic E-state index is 13.7. The fourth-order valence-corrected chi connectivity index (χ4v) is 5.43. The molecular formula is C36H51N7O5. The van der Waals surface area contributed by atoms with Gasteiger partial charge in [-0.2, -0.15) is 0 Å². The highest BCUT2D eigenvalue weighted by atomic mass is 16.6. The third-order valence-electron chi connectivity index (χ3n) is 8.01. The zero-order valence-corrected chi connectivity index (χ0v) is 30.3. The maximum atomic E-state index is 13.7. The number of pyridine rings is 1. The highest BCUT2D eigenvalue weighted by Crippen LogP contribution is 2.34. The lowest BCUT2D eigenvalue weighted by atomic mass is 9.97. The predicted molar refractivity (Wildman–Crippen MR) is 185 cm³/mol. The number of ether oxygens (including phenoxy) is 2. The lowest BCUT2D eigenvalue weighted by molar-refractivity contribution is 0.0202. The van der Waals surface area contributed by atoms with Gasteiger partial charge in [-0.15, -0.1) is 5.10 Å². The molecule has 2 aromatic heterocycles. The van der Waals surface area contributed by atoms with Crippen LogP contribution in [0.1, 0.15) is 96.8 Å². The summed E-state index contributed by atoms with van der Waals surface area (Å²) in [6.45, 7) is 20.2. The lowest BCUT2D eigenvalue weighted by Crippen LogP contribution is -2.50. The van der Waals surface area contributed by atoms with Crippen LogP contribution in [0.2, 0.25) is 0 Å². The summed E-state index contributed by atoms with van der Waals surface area (Å²) in [5.74, 6) is -0.587. The molecule has 1 atom stereocenters. The van der Waals surface area contributed by atoms with E-state index in [1.807, 2.05) is 72.9 Å². The maximum Gasteiger partial charge on any atom is 0.417 e. The van der Waals surface area contributed by atoms with Gasteiger partial charge in [-0.05, 0) is 105 Å². The van der Waals surface area contributed by atoms with E-state index in [1.54, 1.807) is 49.8 Å². The number of hydrogen-bond acceptors (Lipinski definition) is 9. The van der Waals surface area contributed by atoms with Gasteiger partial charge < -0.3 is 19.3 Å². The van der Waals surface area contributed by atoms with E-state index in [-0.39, 0.29) is 29.9 Å². The van der Waals surface area contributed by atoms with Crippen LogP contribution < -0.4 is 4.90 Å². The van der Waals surface area contributed by atoms with Gasteiger partial charge in [-0.25, -0.2) is 19.2 Å². The Morgan fingerprint density at radius 1 is 0.958 bits per heavy atom. The number of hydrogen-bond donors (Lipinski definition) is 0. The van der Waals surface area contributed by atoms with Crippen molar-refractivity contribution in [2.75, 3.05) is 25.0 Å². The summed E-state index contributed by atoms with van der Waals surface area (Å²) in [4.78, 5) is 49.4. The van der Waals surface area contributed by atoms with Crippen molar-refractivity contribution in [2.24, 2.45) is 0 Å². The predicted octanol–water partition coefficient (Wildman–Crippen LogP) is 6.82. The molecular weight excluding hydrogens is 610 g/mol. The quantitative estimate of drug-likeness (QED) is 0.280. The summed E-state index contributed by atoms with van der Waals surface area (Å²) < 4.78 is 12.9. The number of nitrogens with zero attached hydrogens (tertiary/aromatic N) is 7. The van der Waals surface area contributed by atoms with Crippen molar-refractivity contribution in [1.29, 1.82) is 0 Å². The van der Waals surface area contributed by atoms with Crippen LogP contribution in [0.4, 0.5) is 15.3 Å². The normalized spacial score (nSPS) is 15.6. The number of piperidine rings is 1. The van der Waals surface area contributed by atoms with E-state index in [0.717, 1.165) is 52.2 Å². The Kier molecular flexibility index (Phi) is 10.6. The number of anilines is 1. The van der Waals surface area contributed by atoms with E-state index in [2.05, 4.69) is 26.3 Å². The van der Waals surface area contributed by atoms with E-state index in [0.29, 0.717) is 6.54 Å². The first-order chi connectivity index (χ1) is 22.2. The second-order valence-electron chi connectivity index (χ2n) is 15.5. The highest BCUT2D eigenvalue weighted by Gasteiger charge is 2.32. The van der Waals surface area contributed by atoms with Gasteiger partial charge in [0.25, 0.3) is 5.91 Å². The molecule has 0 saturated carbocycles. The second kappa shape index (κ2) is 13.9. The Morgan fingerprint density at radius 2 is 1.62 bits per heavy atom. The average molecular weight is 662 g/mol. The molecule has 1 aromatic carbocycles. The summed E-state index contributed by atoms with van der Waals surface area (Å²) in [5, 5.41) is 8.18. The van der Waals surface area contributed by atoms with E-state index >= 15 is 0 Å². The number of likely N-dealkylation sites (N-methyl/N-ethyl adjacent to an activating group) is 1. The number of carbonyl (C=O) groups excluding carboxylic acids is 3. The Labute approximate surface area is 284 Å². The molecule has 12 heteroatoms. The van der Waals surface area contributed by atoms with Gasteiger partial charge in [0.1, 0.15) is 11.2 Å². The van der Waals surface area contributed by atoms with Crippen molar-refractivity contribution < 1.29 is 23.9 Å². The number of carbonyl (C=O) groups is 3. The zero-order valence-electron chi connectivity index (χ0n) is 30.3. The Morgan fingerprint density at radius 3 is 2.23 bits per heavy atom. The molecule has 260 valence electrons. The molecule has 3 heterocycles. The van der Waals surface area contributed by atoms with Gasteiger partial charge in [0, 0.05) is 31.9 Å². The minimum atomic E-state index is -0.801. The number of imide groups is 1. The Hall–Kier alpha value is -4.48. The van der Waals surface area contributed by atoms with Gasteiger partial charge in [0.15, 0.2) is 5.69 Å². The molecule has 0 radical (unpaired) electrons. The first-order valence-electron chi connectivity index (χ1n) is 16.5. The van der Waals surface area contributed by atoms with Crippen molar-refractivity contribution in [3.8, 4) is 11.1 Å². The van der Waals surface area contributed by atoms with Crippen LogP contribution in [-0.2, 0) is 21.6 Å². The average Bonchev–Trinajstić information content (AvgIpc) is 3.50. The number of aromatic nitrogens is 4. The minimum Gasteiger partial charge on any atom is -0.444 e. The van der Waals surface area contributed by atoms with E-state index < -0.39 is 23.2 Å². The molecule has 48 heavy (non-hydrogen) atoms. The van der Waals surface area contributed by atoms with Crippen molar-refractivity contribution in [1.82, 2.24) is 29.8 Å². The van der Waals surface area contributed by atoms with Crippen molar-refractivity contribution in [2.45, 2.75) is 111 Å². The summed E-state index contributed by atoms with van der Waals surface area (Å²) in [6, 6.07) is 7.95. The Bertz CT molecular complexity index is 1630. The van der Waals surface area contributed by atoms with Crippen molar-refractivity contribution in [3.05, 3.63) is 59.7 Å². The summed E-state index contributed by atoms with van der Waals surface area (Å²) in [5.41, 5.74) is 2.93. The third-order valence-corrected chi connectivity index (χ3v) is 8.01. The molecule has 4 rings (SSSR count). The van der Waals surface area contributed by atoms with Crippen LogP contribution in [0.3, 0.4) is 0 Å². The standard InChI is InChI=1S/C36H51N7O5/c1-24-19-25(28-16-17-37-20-30(28)41-18-12-13-27(22-41)40(11)32(45)47-35(5,6)7)14-15-26(24)21-42(33(46)48-36(8,9)10)31(44)29-23-43(39-38-29)34(2,3)4/h14-17,19-20,23,27H,12-13,18,21-22H2,1-11H3. The van der Waals surface area contributed by atoms with E-state index in [4.69, 9.17) is 9.47 Å². The molecule has 0 spiro atoms. The molecule has 3 amide bonds. The second-order valence-corrected chi connectivity index (χ2v) is 15.5.